The largest absolute Gasteiger partial charge is 0.464 e. The smallest absolute Gasteiger partial charge is 0.261 e. The fourth-order valence-electron chi connectivity index (χ4n) is 1.84. The van der Waals surface area contributed by atoms with E-state index in [1.165, 1.54) is 6.26 Å². The van der Waals surface area contributed by atoms with E-state index in [0.29, 0.717) is 22.6 Å². The molecule has 2 aromatic rings. The van der Waals surface area contributed by atoms with E-state index in [-0.39, 0.29) is 5.57 Å². The molecule has 1 unspecified atom stereocenters. The van der Waals surface area contributed by atoms with Crippen LogP contribution in [-0.2, 0) is 20.4 Å². The number of nitrogens with one attached hydrogen (secondary N) is 1. The van der Waals surface area contributed by atoms with Crippen molar-refractivity contribution in [2.24, 2.45) is 0 Å². The number of amides is 2. The lowest BCUT2D eigenvalue weighted by Crippen LogP contribution is -2.22. The molecule has 6 heteroatoms. The first-order valence-electron chi connectivity index (χ1n) is 6.72. The van der Waals surface area contributed by atoms with Crippen molar-refractivity contribution in [2.45, 2.75) is 4.90 Å². The van der Waals surface area contributed by atoms with Gasteiger partial charge in [-0.3, -0.25) is 19.1 Å². The third-order valence-electron chi connectivity index (χ3n) is 2.99. The predicted molar refractivity (Wildman–Crippen MR) is 88.0 cm³/mol. The summed E-state index contributed by atoms with van der Waals surface area (Å²) in [5.74, 6) is -0.0171. The van der Waals surface area contributed by atoms with Crippen molar-refractivity contribution in [2.75, 3.05) is 6.26 Å². The van der Waals surface area contributed by atoms with Crippen molar-refractivity contribution in [3.63, 3.8) is 0 Å². The molecule has 0 fully saturated rings. The van der Waals surface area contributed by atoms with E-state index < -0.39 is 16.7 Å². The van der Waals surface area contributed by atoms with Crippen LogP contribution in [0.15, 0.2) is 65.8 Å². The quantitative estimate of drug-likeness (QED) is 0.500. The lowest BCUT2D eigenvalue weighted by molar-refractivity contribution is -0.121. The van der Waals surface area contributed by atoms with Crippen molar-refractivity contribution in [1.29, 1.82) is 0 Å². The number of hydrogen-bond donors (Lipinski definition) is 1. The van der Waals surface area contributed by atoms with E-state index in [0.717, 1.165) is 0 Å². The molecule has 0 radical (unpaired) electrons. The third-order valence-corrected chi connectivity index (χ3v) is 3.92. The van der Waals surface area contributed by atoms with Crippen LogP contribution < -0.4 is 10.1 Å². The van der Waals surface area contributed by atoms with Crippen LogP contribution in [0, 0.1) is 0 Å². The summed E-state index contributed by atoms with van der Waals surface area (Å²) in [4.78, 5) is 23.2. The summed E-state index contributed by atoms with van der Waals surface area (Å²) in [7, 11) is -1.11. The number of imide groups is 1. The molecule has 1 N–H and O–H groups in total. The van der Waals surface area contributed by atoms with Crippen molar-refractivity contribution in [3.05, 3.63) is 66.4 Å². The molecule has 0 aliphatic rings. The molecule has 2 amide bonds. The molecule has 0 saturated heterocycles. The molecule has 23 heavy (non-hydrogen) atoms. The number of carbonyl (C=O) groups excluding carboxylic acids is 2. The van der Waals surface area contributed by atoms with Crippen LogP contribution >= 0.6 is 0 Å². The fraction of sp³-hybridized carbons (Fsp3) is 0.0588. The highest BCUT2D eigenvalue weighted by Crippen LogP contribution is 2.18. The first-order valence-corrected chi connectivity index (χ1v) is 8.28. The zero-order chi connectivity index (χ0) is 16.7. The summed E-state index contributed by atoms with van der Waals surface area (Å²) in [5, 5.41) is 2.09. The number of hydrogen-bond acceptors (Lipinski definition) is 4. The first kappa shape index (κ1) is 16.6. The van der Waals surface area contributed by atoms with Gasteiger partial charge in [0.15, 0.2) is 0 Å². The number of benzene rings is 2. The average Bonchev–Trinajstić information content (AvgIpc) is 2.56. The van der Waals surface area contributed by atoms with Crippen molar-refractivity contribution < 1.29 is 18.5 Å². The Morgan fingerprint density at radius 2 is 1.74 bits per heavy atom. The molecule has 0 heterocycles. The van der Waals surface area contributed by atoms with Gasteiger partial charge in [-0.1, -0.05) is 30.3 Å². The number of ether oxygens (including phenoxy) is 1. The Kier molecular flexibility index (Phi) is 5.82. The molecule has 0 saturated carbocycles. The normalized spacial score (nSPS) is 12.3. The molecule has 0 aliphatic heterocycles. The minimum Gasteiger partial charge on any atom is -0.464 e. The van der Waals surface area contributed by atoms with Gasteiger partial charge in [0.1, 0.15) is 12.0 Å². The molecule has 118 valence electrons. The molecule has 5 nitrogen and oxygen atoms in total. The van der Waals surface area contributed by atoms with E-state index in [1.807, 2.05) is 6.07 Å². The van der Waals surface area contributed by atoms with Crippen LogP contribution in [0.5, 0.6) is 5.75 Å². The van der Waals surface area contributed by atoms with Gasteiger partial charge in [-0.15, -0.1) is 0 Å². The van der Waals surface area contributed by atoms with E-state index in [1.54, 1.807) is 54.8 Å². The monoisotopic (exact) mass is 329 g/mol. The van der Waals surface area contributed by atoms with Crippen molar-refractivity contribution >= 4 is 28.7 Å². The number of rotatable bonds is 6. The van der Waals surface area contributed by atoms with Gasteiger partial charge in [0.25, 0.3) is 5.91 Å². The second-order valence-electron chi connectivity index (χ2n) is 4.53. The van der Waals surface area contributed by atoms with Gasteiger partial charge in [-0.2, -0.15) is 0 Å². The molecule has 0 bridgehead atoms. The third kappa shape index (κ3) is 4.62. The highest BCUT2D eigenvalue weighted by Gasteiger charge is 2.13. The number of carbonyl (C=O) groups is 2. The SMILES string of the molecule is CS(=O)c1ccc(/C(=C/Oc2ccccc2)C(=O)NC=O)cc1. The Hall–Kier alpha value is -2.73. The van der Waals surface area contributed by atoms with Gasteiger partial charge in [-0.25, -0.2) is 0 Å². The minimum absolute atomic E-state index is 0.189. The molecular formula is C17H15NO4S. The Balaban J connectivity index is 2.31. The van der Waals surface area contributed by atoms with Crippen LogP contribution in [0.25, 0.3) is 5.57 Å². The second-order valence-corrected chi connectivity index (χ2v) is 5.91. The second kappa shape index (κ2) is 8.05. The summed E-state index contributed by atoms with van der Waals surface area (Å²) in [5.41, 5.74) is 0.740. The Labute approximate surface area is 136 Å². The van der Waals surface area contributed by atoms with Gasteiger partial charge in [0.2, 0.25) is 6.41 Å². The van der Waals surface area contributed by atoms with Crippen molar-refractivity contribution in [3.8, 4) is 5.75 Å². The molecule has 0 aliphatic carbocycles. The maximum Gasteiger partial charge on any atom is 0.261 e. The lowest BCUT2D eigenvalue weighted by Gasteiger charge is -2.08. The predicted octanol–water partition coefficient (Wildman–Crippen LogP) is 2.12. The molecule has 2 aromatic carbocycles. The van der Waals surface area contributed by atoms with E-state index in [9.17, 15) is 13.8 Å². The first-order chi connectivity index (χ1) is 11.1. The summed E-state index contributed by atoms with van der Waals surface area (Å²) in [6.45, 7) is 0. The molecule has 0 aromatic heterocycles. The summed E-state index contributed by atoms with van der Waals surface area (Å²) in [6.07, 6.45) is 3.17. The van der Waals surface area contributed by atoms with Crippen LogP contribution in [0.1, 0.15) is 5.56 Å². The highest BCUT2D eigenvalue weighted by atomic mass is 32.2. The summed E-state index contributed by atoms with van der Waals surface area (Å²) < 4.78 is 16.9. The van der Waals surface area contributed by atoms with Gasteiger partial charge >= 0.3 is 0 Å². The molecular weight excluding hydrogens is 314 g/mol. The van der Waals surface area contributed by atoms with Gasteiger partial charge in [-0.05, 0) is 29.8 Å². The van der Waals surface area contributed by atoms with Crippen molar-refractivity contribution in [1.82, 2.24) is 5.32 Å². The minimum atomic E-state index is -1.11. The van der Waals surface area contributed by atoms with E-state index in [2.05, 4.69) is 5.32 Å². The maximum atomic E-state index is 12.0. The zero-order valence-electron chi connectivity index (χ0n) is 12.4. The standard InChI is InChI=1S/C17H15NO4S/c1-23(21)15-9-7-13(8-10-15)16(17(20)18-12-19)11-22-14-5-3-2-4-6-14/h2-12H,1H3,(H,18,19,20)/b16-11-. The van der Waals surface area contributed by atoms with E-state index >= 15 is 0 Å². The van der Waals surface area contributed by atoms with Gasteiger partial charge in [0.05, 0.1) is 5.57 Å². The lowest BCUT2D eigenvalue weighted by atomic mass is 10.1. The Morgan fingerprint density at radius 1 is 1.09 bits per heavy atom. The van der Waals surface area contributed by atoms with Crippen LogP contribution in [-0.4, -0.2) is 22.8 Å². The summed E-state index contributed by atoms with van der Waals surface area (Å²) in [6, 6.07) is 15.6. The Morgan fingerprint density at radius 3 is 2.30 bits per heavy atom. The molecule has 2 rings (SSSR count). The van der Waals surface area contributed by atoms with Crippen LogP contribution in [0.4, 0.5) is 0 Å². The van der Waals surface area contributed by atoms with Crippen LogP contribution in [0.3, 0.4) is 0 Å². The summed E-state index contributed by atoms with van der Waals surface area (Å²) >= 11 is 0. The van der Waals surface area contributed by atoms with Crippen LogP contribution in [0.2, 0.25) is 0 Å². The van der Waals surface area contributed by atoms with Gasteiger partial charge in [0, 0.05) is 22.0 Å². The maximum absolute atomic E-state index is 12.0. The van der Waals surface area contributed by atoms with E-state index in [4.69, 9.17) is 4.74 Å². The fourth-order valence-corrected chi connectivity index (χ4v) is 2.36. The highest BCUT2D eigenvalue weighted by molar-refractivity contribution is 7.84. The molecule has 1 atom stereocenters. The zero-order valence-corrected chi connectivity index (χ0v) is 13.2. The Bertz CT molecular complexity index is 739. The molecule has 0 spiro atoms. The topological polar surface area (TPSA) is 72.5 Å². The van der Waals surface area contributed by atoms with Gasteiger partial charge < -0.3 is 4.74 Å². The number of para-hydroxylation sites is 1. The average molecular weight is 329 g/mol.